The van der Waals surface area contributed by atoms with Gasteiger partial charge in [0.2, 0.25) is 0 Å². The summed E-state index contributed by atoms with van der Waals surface area (Å²) in [6.45, 7) is 9.76. The van der Waals surface area contributed by atoms with Crippen LogP contribution in [0.15, 0.2) is 0 Å². The smallest absolute Gasteiger partial charge is 0.311 e. The number of quaternary nitrogens is 4. The van der Waals surface area contributed by atoms with Crippen LogP contribution in [0.4, 0.5) is 0 Å². The first-order valence-electron chi connectivity index (χ1n) is 20.4. The third kappa shape index (κ3) is 21.7. The summed E-state index contributed by atoms with van der Waals surface area (Å²) in [7, 11) is 22.7. The number of carbonyl (C=O) groups excluding carboxylic acids is 4. The number of esters is 4. The lowest BCUT2D eigenvalue weighted by Crippen LogP contribution is -2.49. The van der Waals surface area contributed by atoms with Crippen molar-refractivity contribution in [2.45, 2.75) is 91.6 Å². The molecule has 0 saturated carbocycles. The van der Waals surface area contributed by atoms with E-state index in [0.29, 0.717) is 31.0 Å². The average molecular weight is 839 g/mol. The first kappa shape index (κ1) is 55.6. The number of aliphatic hydroxyl groups excluding tert-OH is 4. The number of rotatable bonds is 27. The number of ether oxygens (including phenoxy) is 4. The van der Waals surface area contributed by atoms with Crippen molar-refractivity contribution < 1.29 is 76.5 Å². The van der Waals surface area contributed by atoms with Crippen molar-refractivity contribution in [1.29, 1.82) is 0 Å². The monoisotopic (exact) mass is 839 g/mol. The van der Waals surface area contributed by atoms with Crippen molar-refractivity contribution in [2.24, 2.45) is 21.7 Å². The molecule has 7 unspecified atom stereocenters. The summed E-state index contributed by atoms with van der Waals surface area (Å²) in [6.07, 6.45) is -4.32. The molecule has 0 aliphatic heterocycles. The van der Waals surface area contributed by atoms with E-state index in [1.165, 1.54) is 0 Å². The highest BCUT2D eigenvalue weighted by Gasteiger charge is 2.54. The summed E-state index contributed by atoms with van der Waals surface area (Å²) in [5.41, 5.74) is -5.90. The molecule has 16 heteroatoms. The van der Waals surface area contributed by atoms with Crippen LogP contribution < -0.4 is 0 Å². The molecule has 0 aliphatic rings. The Kier molecular flexibility index (Phi) is 20.5. The van der Waals surface area contributed by atoms with E-state index in [4.69, 9.17) is 18.9 Å². The van der Waals surface area contributed by atoms with Crippen molar-refractivity contribution in [3.05, 3.63) is 0 Å². The van der Waals surface area contributed by atoms with Crippen molar-refractivity contribution in [3.63, 3.8) is 0 Å². The molecule has 0 rings (SSSR count). The average Bonchev–Trinajstić information content (AvgIpc) is 2.99. The predicted octanol–water partition coefficient (Wildman–Crippen LogP) is 1.05. The Morgan fingerprint density at radius 3 is 0.897 bits per heavy atom. The molecule has 342 valence electrons. The molecule has 0 amide bonds. The summed E-state index contributed by atoms with van der Waals surface area (Å²) in [5.74, 6) is -2.90. The lowest BCUT2D eigenvalue weighted by atomic mass is 9.61. The van der Waals surface area contributed by atoms with Gasteiger partial charge < -0.3 is 57.3 Å². The van der Waals surface area contributed by atoms with Gasteiger partial charge in [-0.3, -0.25) is 19.2 Å². The maximum atomic E-state index is 14.4. The minimum absolute atomic E-state index is 0.167. The second-order valence-corrected chi connectivity index (χ2v) is 22.4. The van der Waals surface area contributed by atoms with Crippen LogP contribution in [0, 0.1) is 21.7 Å². The molecule has 0 saturated heterocycles. The van der Waals surface area contributed by atoms with E-state index in [-0.39, 0.29) is 65.2 Å². The van der Waals surface area contributed by atoms with Gasteiger partial charge in [0.15, 0.2) is 0 Å². The third-order valence-electron chi connectivity index (χ3n) is 9.87. The van der Waals surface area contributed by atoms with E-state index in [2.05, 4.69) is 0 Å². The minimum atomic E-state index is -1.62. The Bertz CT molecular complexity index is 1330. The largest absolute Gasteiger partial charge is 0.462 e. The number of hydrogen-bond acceptors (Lipinski definition) is 12. The first-order chi connectivity index (χ1) is 25.8. The molecule has 0 aromatic heterocycles. The molecule has 0 radical (unpaired) electrons. The summed E-state index contributed by atoms with van der Waals surface area (Å²) in [6, 6.07) is 0. The zero-order chi connectivity index (χ0) is 45.9. The van der Waals surface area contributed by atoms with Gasteiger partial charge in [-0.05, 0) is 60.3 Å². The van der Waals surface area contributed by atoms with E-state index >= 15 is 0 Å². The molecular formula is C42H86N4O12+4. The Balaban J connectivity index is 7.12. The van der Waals surface area contributed by atoms with Gasteiger partial charge in [0.1, 0.15) is 77.0 Å². The standard InChI is InChI=1S/C42H86N4O12/c1-19-40(4,36(52)56-25-32(48)21-44(10,11)12)29-42(6,38(54)58-27-34(50)23-46(16,17)18)30-41(5,37(53)57-26-33(49)22-45(13,14)15)28-39(2,3)35(51)55-24-31(47)20-43(7,8)9/h31-34,47-50H,19-30H2,1-18H3/q+4. The highest BCUT2D eigenvalue weighted by molar-refractivity contribution is 5.84. The molecule has 4 N–H and O–H groups in total. The van der Waals surface area contributed by atoms with Crippen molar-refractivity contribution in [1.82, 2.24) is 0 Å². The lowest BCUT2D eigenvalue weighted by molar-refractivity contribution is -0.873. The highest BCUT2D eigenvalue weighted by Crippen LogP contribution is 2.49. The van der Waals surface area contributed by atoms with Crippen molar-refractivity contribution >= 4 is 23.9 Å². The maximum Gasteiger partial charge on any atom is 0.311 e. The van der Waals surface area contributed by atoms with Crippen LogP contribution in [0.2, 0.25) is 0 Å². The van der Waals surface area contributed by atoms with Crippen LogP contribution >= 0.6 is 0 Å². The molecule has 0 aromatic carbocycles. The highest BCUT2D eigenvalue weighted by atomic mass is 16.6. The van der Waals surface area contributed by atoms with Crippen LogP contribution in [-0.4, -0.2) is 224 Å². The van der Waals surface area contributed by atoms with Crippen LogP contribution in [0.3, 0.4) is 0 Å². The molecule has 7 atom stereocenters. The normalized spacial score (nSPS) is 18.4. The quantitative estimate of drug-likeness (QED) is 0.0525. The van der Waals surface area contributed by atoms with Gasteiger partial charge in [-0.1, -0.05) is 6.92 Å². The predicted molar refractivity (Wildman–Crippen MR) is 222 cm³/mol. The third-order valence-corrected chi connectivity index (χ3v) is 9.87. The van der Waals surface area contributed by atoms with Gasteiger partial charge in [0, 0.05) is 0 Å². The van der Waals surface area contributed by atoms with Crippen LogP contribution in [-0.2, 0) is 38.1 Å². The molecule has 0 aliphatic carbocycles. The fourth-order valence-electron chi connectivity index (χ4n) is 7.67. The number of aliphatic hydroxyl groups is 4. The van der Waals surface area contributed by atoms with Gasteiger partial charge in [-0.25, -0.2) is 0 Å². The van der Waals surface area contributed by atoms with Gasteiger partial charge >= 0.3 is 23.9 Å². The van der Waals surface area contributed by atoms with E-state index in [9.17, 15) is 39.6 Å². The summed E-state index contributed by atoms with van der Waals surface area (Å²) < 4.78 is 24.5. The molecule has 0 spiro atoms. The molecule has 16 nitrogen and oxygen atoms in total. The first-order valence-corrected chi connectivity index (χ1v) is 20.4. The zero-order valence-corrected chi connectivity index (χ0v) is 39.6. The van der Waals surface area contributed by atoms with Gasteiger partial charge in [-0.15, -0.1) is 0 Å². The van der Waals surface area contributed by atoms with E-state index in [0.717, 1.165) is 0 Å². The van der Waals surface area contributed by atoms with E-state index < -0.39 is 70.0 Å². The Labute approximate surface area is 350 Å². The Morgan fingerprint density at radius 1 is 0.414 bits per heavy atom. The Hall–Kier alpha value is -2.44. The second kappa shape index (κ2) is 21.4. The molecule has 0 heterocycles. The van der Waals surface area contributed by atoms with Gasteiger partial charge in [0.25, 0.3) is 0 Å². The fraction of sp³-hybridized carbons (Fsp3) is 0.905. The fourth-order valence-corrected chi connectivity index (χ4v) is 7.67. The number of nitrogens with zero attached hydrogens (tertiary/aromatic N) is 4. The minimum Gasteiger partial charge on any atom is -0.462 e. The molecular weight excluding hydrogens is 752 g/mol. The summed E-state index contributed by atoms with van der Waals surface area (Å²) >= 11 is 0. The summed E-state index contributed by atoms with van der Waals surface area (Å²) in [4.78, 5) is 56.4. The number of likely N-dealkylation sites (N-methyl/N-ethyl adjacent to an activating group) is 4. The zero-order valence-electron chi connectivity index (χ0n) is 39.6. The van der Waals surface area contributed by atoms with Crippen LogP contribution in [0.25, 0.3) is 0 Å². The SMILES string of the molecule is CCC(C)(CC(C)(CC(C)(CC(C)(C)C(=O)OCC(O)C[N+](C)(C)C)C(=O)OCC(O)C[N+](C)(C)C)C(=O)OCC(O)C[N+](C)(C)C)C(=O)OCC(O)C[N+](C)(C)C. The Morgan fingerprint density at radius 2 is 0.638 bits per heavy atom. The van der Waals surface area contributed by atoms with Crippen LogP contribution in [0.5, 0.6) is 0 Å². The lowest BCUT2D eigenvalue weighted by Gasteiger charge is -2.43. The van der Waals surface area contributed by atoms with E-state index in [1.807, 2.05) is 84.6 Å². The molecule has 0 bridgehead atoms. The van der Waals surface area contributed by atoms with Crippen LogP contribution in [0.1, 0.15) is 67.2 Å². The maximum absolute atomic E-state index is 14.4. The number of carbonyl (C=O) groups is 4. The molecule has 0 fully saturated rings. The van der Waals surface area contributed by atoms with Gasteiger partial charge in [-0.2, -0.15) is 0 Å². The van der Waals surface area contributed by atoms with Gasteiger partial charge in [0.05, 0.1) is 106 Å². The number of hydrogen-bond donors (Lipinski definition) is 4. The van der Waals surface area contributed by atoms with E-state index in [1.54, 1.807) is 41.5 Å². The topological polar surface area (TPSA) is 186 Å². The summed E-state index contributed by atoms with van der Waals surface area (Å²) in [5, 5.41) is 42.8. The molecule has 0 aromatic rings. The van der Waals surface area contributed by atoms with Crippen molar-refractivity contribution in [2.75, 3.05) is 137 Å². The molecule has 58 heavy (non-hydrogen) atoms. The van der Waals surface area contributed by atoms with Crippen molar-refractivity contribution in [3.8, 4) is 0 Å². The second-order valence-electron chi connectivity index (χ2n) is 22.4.